The Hall–Kier alpha value is -2.85. The topological polar surface area (TPSA) is 131 Å². The molecule has 0 saturated heterocycles. The number of hydrogen-bond acceptors (Lipinski definition) is 9. The summed E-state index contributed by atoms with van der Waals surface area (Å²) >= 11 is 0. The summed E-state index contributed by atoms with van der Waals surface area (Å²) in [5.41, 5.74) is 0. The molecule has 374 valence electrons. The molecule has 65 heavy (non-hydrogen) atoms. The van der Waals surface area contributed by atoms with Gasteiger partial charge in [-0.15, -0.1) is 0 Å². The Bertz CT molecular complexity index is 1390. The molecule has 0 fully saturated rings. The first-order valence-electron chi connectivity index (χ1n) is 25.4. The number of carbonyl (C=O) groups excluding carboxylic acids is 2. The molecule has 0 aromatic heterocycles. The van der Waals surface area contributed by atoms with Gasteiger partial charge in [-0.1, -0.05) is 189 Å². The molecule has 0 aliphatic rings. The Kier molecular flexibility index (Phi) is 43.0. The van der Waals surface area contributed by atoms with Crippen molar-refractivity contribution in [1.82, 2.24) is 0 Å². The quantitative estimate of drug-likeness (QED) is 0.0158. The number of nitrogens with zero attached hydrogens (tertiary/aromatic N) is 1. The predicted octanol–water partition coefficient (Wildman–Crippen LogP) is 13.5. The van der Waals surface area contributed by atoms with Gasteiger partial charge in [-0.05, 0) is 70.6 Å². The largest absolute Gasteiger partial charge is 0.756 e. The lowest BCUT2D eigenvalue weighted by atomic mass is 10.0. The van der Waals surface area contributed by atoms with E-state index < -0.39 is 38.6 Å². The maximum absolute atomic E-state index is 12.7. The van der Waals surface area contributed by atoms with Crippen molar-refractivity contribution in [2.75, 3.05) is 47.5 Å². The van der Waals surface area contributed by atoms with E-state index in [0.29, 0.717) is 36.7 Å². The molecule has 0 saturated carbocycles. The van der Waals surface area contributed by atoms with Gasteiger partial charge >= 0.3 is 11.9 Å². The van der Waals surface area contributed by atoms with Crippen LogP contribution in [0, 0.1) is 0 Å². The second kappa shape index (κ2) is 45.0. The van der Waals surface area contributed by atoms with Crippen molar-refractivity contribution in [2.45, 2.75) is 199 Å². The maximum Gasteiger partial charge on any atom is 0.306 e. The highest BCUT2D eigenvalue weighted by atomic mass is 31.2. The van der Waals surface area contributed by atoms with Gasteiger partial charge in [0.15, 0.2) is 6.10 Å². The molecule has 0 aromatic carbocycles. The van der Waals surface area contributed by atoms with Crippen LogP contribution in [-0.4, -0.2) is 81.2 Å². The van der Waals surface area contributed by atoms with Gasteiger partial charge in [0.25, 0.3) is 7.82 Å². The Labute approximate surface area is 397 Å². The van der Waals surface area contributed by atoms with Crippen LogP contribution in [0.4, 0.5) is 0 Å². The van der Waals surface area contributed by atoms with Crippen LogP contribution in [0.3, 0.4) is 0 Å². The third-order valence-corrected chi connectivity index (χ3v) is 11.5. The molecule has 0 aromatic rings. The van der Waals surface area contributed by atoms with E-state index in [4.69, 9.17) is 18.5 Å². The minimum Gasteiger partial charge on any atom is -0.756 e. The molecule has 10 nitrogen and oxygen atoms in total. The van der Waals surface area contributed by atoms with Crippen LogP contribution >= 0.6 is 7.82 Å². The number of aliphatic hydroxyl groups is 1. The van der Waals surface area contributed by atoms with Crippen LogP contribution in [0.1, 0.15) is 187 Å². The van der Waals surface area contributed by atoms with Crippen molar-refractivity contribution in [3.8, 4) is 0 Å². The molecule has 0 rings (SSSR count). The van der Waals surface area contributed by atoms with Gasteiger partial charge in [0, 0.05) is 12.8 Å². The third kappa shape index (κ3) is 48.9. The first-order valence-corrected chi connectivity index (χ1v) is 26.9. The van der Waals surface area contributed by atoms with Crippen LogP contribution in [-0.2, 0) is 32.7 Å². The predicted molar refractivity (Wildman–Crippen MR) is 269 cm³/mol. The zero-order valence-electron chi connectivity index (χ0n) is 41.8. The second-order valence-corrected chi connectivity index (χ2v) is 19.4. The summed E-state index contributed by atoms with van der Waals surface area (Å²) in [6.45, 7) is 3.94. The number of likely N-dealkylation sites (N-methyl/N-ethyl adjacent to an activating group) is 1. The molecule has 2 unspecified atom stereocenters. The van der Waals surface area contributed by atoms with Gasteiger partial charge < -0.3 is 33.0 Å². The van der Waals surface area contributed by atoms with Crippen LogP contribution in [0.15, 0.2) is 85.1 Å². The molecular weight excluding hydrogens is 838 g/mol. The number of carbonyl (C=O) groups is 2. The smallest absolute Gasteiger partial charge is 0.306 e. The molecule has 0 bridgehead atoms. The Morgan fingerprint density at radius 3 is 1.71 bits per heavy atom. The SMILES string of the molecule is CC/C=C\C/C=C\CC(O)/C=C/C=C\C/C=C\C/C=C\CCC(=O)O[C@H](COC(=O)CCCCCCCCCCCCC/C=C\CCCCCCCC)COP(=O)([O-])OCC[N+](C)(C)C. The number of phosphoric ester groups is 1. The van der Waals surface area contributed by atoms with E-state index in [1.54, 1.807) is 6.08 Å². The van der Waals surface area contributed by atoms with E-state index in [-0.39, 0.29) is 26.1 Å². The van der Waals surface area contributed by atoms with Crippen LogP contribution in [0.25, 0.3) is 0 Å². The van der Waals surface area contributed by atoms with Crippen LogP contribution in [0.5, 0.6) is 0 Å². The summed E-state index contributed by atoms with van der Waals surface area (Å²) in [6, 6.07) is 0. The number of rotatable bonds is 45. The summed E-state index contributed by atoms with van der Waals surface area (Å²) in [5.74, 6) is -0.966. The van der Waals surface area contributed by atoms with Crippen molar-refractivity contribution >= 4 is 19.8 Å². The average molecular weight is 932 g/mol. The van der Waals surface area contributed by atoms with Gasteiger partial charge in [0.1, 0.15) is 19.8 Å². The molecule has 0 aliphatic carbocycles. The number of unbranched alkanes of at least 4 members (excludes halogenated alkanes) is 17. The highest BCUT2D eigenvalue weighted by Gasteiger charge is 2.21. The van der Waals surface area contributed by atoms with Crippen molar-refractivity contribution < 1.29 is 47.2 Å². The Morgan fingerprint density at radius 1 is 0.585 bits per heavy atom. The minimum atomic E-state index is -4.67. The zero-order chi connectivity index (χ0) is 48.0. The summed E-state index contributed by atoms with van der Waals surface area (Å²) < 4.78 is 33.9. The molecule has 0 aliphatic heterocycles. The molecule has 1 N–H and O–H groups in total. The highest BCUT2D eigenvalue weighted by molar-refractivity contribution is 7.45. The van der Waals surface area contributed by atoms with Crippen molar-refractivity contribution in [1.29, 1.82) is 0 Å². The van der Waals surface area contributed by atoms with Crippen LogP contribution < -0.4 is 4.89 Å². The third-order valence-electron chi connectivity index (χ3n) is 10.5. The summed E-state index contributed by atoms with van der Waals surface area (Å²) in [7, 11) is 1.08. The van der Waals surface area contributed by atoms with Gasteiger partial charge in [-0.3, -0.25) is 14.2 Å². The van der Waals surface area contributed by atoms with Crippen molar-refractivity contribution in [3.63, 3.8) is 0 Å². The molecule has 3 atom stereocenters. The number of quaternary nitrogens is 1. The number of phosphoric acid groups is 1. The second-order valence-electron chi connectivity index (χ2n) is 18.0. The lowest BCUT2D eigenvalue weighted by molar-refractivity contribution is -0.870. The van der Waals surface area contributed by atoms with E-state index in [1.807, 2.05) is 69.8 Å². The zero-order valence-corrected chi connectivity index (χ0v) is 42.7. The first-order chi connectivity index (χ1) is 31.4. The number of esters is 2. The van der Waals surface area contributed by atoms with Gasteiger partial charge in [0.05, 0.1) is 33.9 Å². The van der Waals surface area contributed by atoms with E-state index in [2.05, 4.69) is 44.2 Å². The monoisotopic (exact) mass is 932 g/mol. The van der Waals surface area contributed by atoms with Crippen molar-refractivity contribution in [2.24, 2.45) is 0 Å². The lowest BCUT2D eigenvalue weighted by Gasteiger charge is -2.28. The molecule has 0 spiro atoms. The Morgan fingerprint density at radius 2 is 1.11 bits per heavy atom. The minimum absolute atomic E-state index is 0.0574. The average Bonchev–Trinajstić information content (AvgIpc) is 3.26. The highest BCUT2D eigenvalue weighted by Crippen LogP contribution is 2.38. The van der Waals surface area contributed by atoms with Crippen molar-refractivity contribution in [3.05, 3.63) is 85.1 Å². The first kappa shape index (κ1) is 62.1. The molecule has 0 heterocycles. The van der Waals surface area contributed by atoms with Gasteiger partial charge in [-0.2, -0.15) is 0 Å². The molecule has 0 amide bonds. The molecular formula is C54H94NO9P. The summed E-state index contributed by atoms with van der Waals surface area (Å²) in [5, 5.41) is 10.0. The van der Waals surface area contributed by atoms with Gasteiger partial charge in [-0.25, -0.2) is 0 Å². The van der Waals surface area contributed by atoms with E-state index in [9.17, 15) is 24.2 Å². The lowest BCUT2D eigenvalue weighted by Crippen LogP contribution is -2.37. The van der Waals surface area contributed by atoms with Gasteiger partial charge in [0.2, 0.25) is 0 Å². The van der Waals surface area contributed by atoms with E-state index >= 15 is 0 Å². The maximum atomic E-state index is 12.7. The fraction of sp³-hybridized carbons (Fsp3) is 0.704. The fourth-order valence-corrected chi connectivity index (χ4v) is 7.25. The normalized spacial score (nSPS) is 14.6. The van der Waals surface area contributed by atoms with Crippen LogP contribution in [0.2, 0.25) is 0 Å². The standard InChI is InChI=1S/C54H94NO9P/c1-6-8-10-12-14-15-16-17-18-19-20-21-22-23-24-25-26-30-33-37-41-45-53(57)61-49-52(50-63-65(59,60)62-48-47-55(3,4)5)64-54(58)46-42-38-34-31-28-27-29-32-36-40-44-51(56)43-39-35-13-11-9-7-2/h9,11,17-18,27-28,32,34-36,38-40,44,51-52,56H,6-8,10,12-16,19-26,29-31,33,37,41-43,45-50H2,1-5H3/b11-9-,18-17-,28-27-,36-32-,38-34-,39-35-,44-40+/t51?,52-/m1/s1. The van der Waals surface area contributed by atoms with E-state index in [1.165, 1.54) is 96.3 Å². The number of aliphatic hydroxyl groups excluding tert-OH is 1. The summed E-state index contributed by atoms with van der Waals surface area (Å²) in [6.07, 6.45) is 55.2. The number of hydrogen-bond donors (Lipinski definition) is 1. The fourth-order valence-electron chi connectivity index (χ4n) is 6.52. The number of allylic oxidation sites excluding steroid dienone is 12. The summed E-state index contributed by atoms with van der Waals surface area (Å²) in [4.78, 5) is 37.7. The molecule has 0 radical (unpaired) electrons. The van der Waals surface area contributed by atoms with E-state index in [0.717, 1.165) is 38.5 Å². The Balaban J connectivity index is 4.42. The molecule has 11 heteroatoms. The number of ether oxygens (including phenoxy) is 2.